The van der Waals surface area contributed by atoms with Crippen molar-refractivity contribution in [2.45, 2.75) is 32.1 Å². The molecule has 0 saturated carbocycles. The van der Waals surface area contributed by atoms with Gasteiger partial charge in [0.05, 0.1) is 12.6 Å². The summed E-state index contributed by atoms with van der Waals surface area (Å²) in [6.45, 7) is 2.08. The van der Waals surface area contributed by atoms with E-state index in [-0.39, 0.29) is 25.5 Å². The van der Waals surface area contributed by atoms with Crippen molar-refractivity contribution in [2.24, 2.45) is 0 Å². The van der Waals surface area contributed by atoms with Crippen LogP contribution >= 0.6 is 15.9 Å². The van der Waals surface area contributed by atoms with Gasteiger partial charge in [-0.3, -0.25) is 9.69 Å². The molecule has 142 valence electrons. The van der Waals surface area contributed by atoms with Crippen molar-refractivity contribution in [1.82, 2.24) is 4.90 Å². The number of aryl methyl sites for hydroxylation is 1. The van der Waals surface area contributed by atoms with Gasteiger partial charge in [-0.25, -0.2) is 4.79 Å². The zero-order chi connectivity index (χ0) is 19.4. The van der Waals surface area contributed by atoms with Gasteiger partial charge in [-0.15, -0.1) is 0 Å². The molecule has 0 aromatic heterocycles. The monoisotopic (exact) mass is 432 g/mol. The van der Waals surface area contributed by atoms with Gasteiger partial charge < -0.3 is 15.2 Å². The van der Waals surface area contributed by atoms with Crippen LogP contribution < -0.4 is 5.32 Å². The molecule has 2 aromatic carbocycles. The second-order valence-electron chi connectivity index (χ2n) is 6.55. The number of rotatable bonds is 4. The number of hydrogen-bond donors (Lipinski definition) is 2. The van der Waals surface area contributed by atoms with Crippen LogP contribution in [0.2, 0.25) is 0 Å². The molecule has 0 bridgehead atoms. The number of nitrogens with one attached hydrogen (secondary N) is 1. The Morgan fingerprint density at radius 3 is 2.70 bits per heavy atom. The van der Waals surface area contributed by atoms with E-state index in [0.29, 0.717) is 5.69 Å². The summed E-state index contributed by atoms with van der Waals surface area (Å²) < 4.78 is 6.24. The van der Waals surface area contributed by atoms with Crippen molar-refractivity contribution in [3.63, 3.8) is 0 Å². The topological polar surface area (TPSA) is 78.9 Å². The van der Waals surface area contributed by atoms with E-state index in [9.17, 15) is 14.7 Å². The first-order chi connectivity index (χ1) is 12.9. The highest BCUT2D eigenvalue weighted by atomic mass is 79.9. The van der Waals surface area contributed by atoms with Crippen molar-refractivity contribution in [3.8, 4) is 0 Å². The van der Waals surface area contributed by atoms with Gasteiger partial charge in [0.1, 0.15) is 12.6 Å². The predicted octanol–water partition coefficient (Wildman–Crippen LogP) is 3.47. The van der Waals surface area contributed by atoms with E-state index in [1.54, 1.807) is 6.07 Å². The molecule has 1 aliphatic rings. The van der Waals surface area contributed by atoms with Gasteiger partial charge >= 0.3 is 6.09 Å². The summed E-state index contributed by atoms with van der Waals surface area (Å²) in [4.78, 5) is 26.4. The summed E-state index contributed by atoms with van der Waals surface area (Å²) in [7, 11) is 0. The number of anilines is 1. The zero-order valence-corrected chi connectivity index (χ0v) is 16.5. The number of halogens is 1. The van der Waals surface area contributed by atoms with Gasteiger partial charge in [-0.2, -0.15) is 0 Å². The molecule has 2 N–H and O–H groups in total. The van der Waals surface area contributed by atoms with Crippen molar-refractivity contribution in [2.75, 3.05) is 11.9 Å². The van der Waals surface area contributed by atoms with Crippen molar-refractivity contribution >= 4 is 33.6 Å². The Morgan fingerprint density at radius 2 is 2.00 bits per heavy atom. The summed E-state index contributed by atoms with van der Waals surface area (Å²) in [5, 5.41) is 12.8. The quantitative estimate of drug-likeness (QED) is 0.774. The third-order valence-electron chi connectivity index (χ3n) is 4.47. The lowest BCUT2D eigenvalue weighted by Crippen LogP contribution is -2.43. The first-order valence-electron chi connectivity index (χ1n) is 8.66. The second kappa shape index (κ2) is 8.54. The van der Waals surface area contributed by atoms with E-state index in [0.717, 1.165) is 15.6 Å². The fourth-order valence-corrected chi connectivity index (χ4v) is 3.53. The molecular formula is C20H21BrN2O4. The Labute approximate surface area is 166 Å². The van der Waals surface area contributed by atoms with Gasteiger partial charge in [0, 0.05) is 16.6 Å². The van der Waals surface area contributed by atoms with Crippen LogP contribution in [-0.4, -0.2) is 40.7 Å². The average molecular weight is 433 g/mol. The Kier molecular flexibility index (Phi) is 6.13. The molecule has 1 saturated heterocycles. The number of nitrogens with zero attached hydrogens (tertiary/aromatic N) is 1. The Balaban J connectivity index is 1.65. The van der Waals surface area contributed by atoms with Crippen LogP contribution in [0.5, 0.6) is 0 Å². The minimum absolute atomic E-state index is 0.0744. The van der Waals surface area contributed by atoms with Gasteiger partial charge in [0.15, 0.2) is 0 Å². The molecule has 0 unspecified atom stereocenters. The largest absolute Gasteiger partial charge is 0.445 e. The summed E-state index contributed by atoms with van der Waals surface area (Å²) in [5.74, 6) is -0.339. The third-order valence-corrected chi connectivity index (χ3v) is 4.96. The van der Waals surface area contributed by atoms with Crippen LogP contribution in [0.3, 0.4) is 0 Å². The normalized spacial score (nSPS) is 19.0. The summed E-state index contributed by atoms with van der Waals surface area (Å²) >= 11 is 3.39. The van der Waals surface area contributed by atoms with Crippen LogP contribution in [-0.2, 0) is 16.1 Å². The number of carbonyl (C=O) groups excluding carboxylic acids is 2. The number of aliphatic hydroxyl groups is 1. The summed E-state index contributed by atoms with van der Waals surface area (Å²) in [6.07, 6.45) is -1.18. The Morgan fingerprint density at radius 1 is 1.26 bits per heavy atom. The highest BCUT2D eigenvalue weighted by Crippen LogP contribution is 2.24. The Bertz CT molecular complexity index is 828. The molecule has 2 aromatic rings. The van der Waals surface area contributed by atoms with Crippen LogP contribution in [0.4, 0.5) is 10.5 Å². The van der Waals surface area contributed by atoms with E-state index in [1.807, 2.05) is 49.4 Å². The van der Waals surface area contributed by atoms with Crippen molar-refractivity contribution in [3.05, 3.63) is 64.1 Å². The van der Waals surface area contributed by atoms with E-state index in [2.05, 4.69) is 21.2 Å². The molecule has 7 heteroatoms. The van der Waals surface area contributed by atoms with Crippen LogP contribution in [0, 0.1) is 6.92 Å². The van der Waals surface area contributed by atoms with Gasteiger partial charge in [0.2, 0.25) is 5.91 Å². The first-order valence-corrected chi connectivity index (χ1v) is 9.45. The molecule has 0 radical (unpaired) electrons. The summed E-state index contributed by atoms with van der Waals surface area (Å²) in [5.41, 5.74) is 2.42. The van der Waals surface area contributed by atoms with E-state index < -0.39 is 18.2 Å². The molecule has 27 heavy (non-hydrogen) atoms. The third kappa shape index (κ3) is 4.87. The van der Waals surface area contributed by atoms with Gasteiger partial charge in [-0.05, 0) is 36.2 Å². The molecule has 1 aliphatic heterocycles. The maximum Gasteiger partial charge on any atom is 0.410 e. The molecule has 3 rings (SSSR count). The van der Waals surface area contributed by atoms with Crippen LogP contribution in [0.1, 0.15) is 17.5 Å². The SMILES string of the molecule is Cc1cc(Br)ccc1NC(=O)[C@H]1C[C@@H](O)CN1C(=O)OCc1ccccc1. The fourth-order valence-electron chi connectivity index (χ4n) is 3.05. The van der Waals surface area contributed by atoms with Gasteiger partial charge in [0.25, 0.3) is 0 Å². The molecule has 6 nitrogen and oxygen atoms in total. The average Bonchev–Trinajstić information content (AvgIpc) is 3.05. The number of carbonyl (C=O) groups is 2. The van der Waals surface area contributed by atoms with Gasteiger partial charge in [-0.1, -0.05) is 46.3 Å². The van der Waals surface area contributed by atoms with Crippen molar-refractivity contribution in [1.29, 1.82) is 0 Å². The first kappa shape index (κ1) is 19.4. The number of amides is 2. The number of hydrogen-bond acceptors (Lipinski definition) is 4. The fraction of sp³-hybridized carbons (Fsp3) is 0.300. The molecule has 2 amide bonds. The summed E-state index contributed by atoms with van der Waals surface area (Å²) in [6, 6.07) is 14.1. The van der Waals surface area contributed by atoms with Crippen LogP contribution in [0.25, 0.3) is 0 Å². The highest BCUT2D eigenvalue weighted by molar-refractivity contribution is 9.10. The molecule has 2 atom stereocenters. The molecule has 0 aliphatic carbocycles. The maximum atomic E-state index is 12.7. The molecule has 0 spiro atoms. The lowest BCUT2D eigenvalue weighted by molar-refractivity contribution is -0.120. The smallest absolute Gasteiger partial charge is 0.410 e. The van der Waals surface area contributed by atoms with Crippen molar-refractivity contribution < 1.29 is 19.4 Å². The molecular weight excluding hydrogens is 412 g/mol. The number of likely N-dealkylation sites (tertiary alicyclic amines) is 1. The minimum Gasteiger partial charge on any atom is -0.445 e. The number of aliphatic hydroxyl groups excluding tert-OH is 1. The molecule has 1 heterocycles. The minimum atomic E-state index is -0.772. The number of benzene rings is 2. The lowest BCUT2D eigenvalue weighted by Gasteiger charge is -2.23. The maximum absolute atomic E-state index is 12.7. The standard InChI is InChI=1S/C20H21BrN2O4/c1-13-9-15(21)7-8-17(13)22-19(25)18-10-16(24)11-23(18)20(26)27-12-14-5-3-2-4-6-14/h2-9,16,18,24H,10-12H2,1H3,(H,22,25)/t16-,18-/m1/s1. The highest BCUT2D eigenvalue weighted by Gasteiger charge is 2.40. The number of β-amino-alcohol motifs (C(OH)–C–C–N with tert-alkyl or cyclic N) is 1. The van der Waals surface area contributed by atoms with E-state index in [4.69, 9.17) is 4.74 Å². The molecule has 1 fully saturated rings. The predicted molar refractivity (Wildman–Crippen MR) is 105 cm³/mol. The van der Waals surface area contributed by atoms with E-state index in [1.165, 1.54) is 4.90 Å². The lowest BCUT2D eigenvalue weighted by atomic mass is 10.1. The Hall–Kier alpha value is -2.38. The van der Waals surface area contributed by atoms with Crippen LogP contribution in [0.15, 0.2) is 53.0 Å². The van der Waals surface area contributed by atoms with E-state index >= 15 is 0 Å². The second-order valence-corrected chi connectivity index (χ2v) is 7.46. The number of ether oxygens (including phenoxy) is 1. The zero-order valence-electron chi connectivity index (χ0n) is 14.9.